The molecule has 5 fully saturated rings. The highest BCUT2D eigenvalue weighted by Gasteiger charge is 2.84. The van der Waals surface area contributed by atoms with E-state index in [1.54, 1.807) is 12.8 Å². The van der Waals surface area contributed by atoms with Gasteiger partial charge >= 0.3 is 0 Å². The van der Waals surface area contributed by atoms with Crippen LogP contribution in [0.2, 0.25) is 0 Å². The zero-order chi connectivity index (χ0) is 10.9. The van der Waals surface area contributed by atoms with Crippen molar-refractivity contribution in [1.82, 2.24) is 0 Å². The maximum absolute atomic E-state index is 10.6. The fourth-order valence-corrected chi connectivity index (χ4v) is 6.65. The van der Waals surface area contributed by atoms with Gasteiger partial charge in [0.15, 0.2) is 0 Å². The fourth-order valence-electron chi connectivity index (χ4n) is 6.65. The molecule has 1 nitrogen and oxygen atoms in total. The SMILES string of the molecule is CC(C)C1(O)CC2(C1)C1C3CC3C2C2CC21. The summed E-state index contributed by atoms with van der Waals surface area (Å²) in [7, 11) is 0. The minimum atomic E-state index is -0.288. The summed E-state index contributed by atoms with van der Waals surface area (Å²) in [4.78, 5) is 0. The minimum Gasteiger partial charge on any atom is -0.390 e. The third kappa shape index (κ3) is 0.698. The molecule has 1 spiro atoms. The van der Waals surface area contributed by atoms with Crippen molar-refractivity contribution in [3.8, 4) is 0 Å². The molecular formula is C15H22O. The van der Waals surface area contributed by atoms with Crippen LogP contribution >= 0.6 is 0 Å². The highest BCUT2D eigenvalue weighted by molar-refractivity contribution is 5.32. The highest BCUT2D eigenvalue weighted by atomic mass is 16.3. The molecule has 2 bridgehead atoms. The minimum absolute atomic E-state index is 0.288. The van der Waals surface area contributed by atoms with E-state index in [0.717, 1.165) is 48.3 Å². The number of aliphatic hydroxyl groups is 1. The number of hydrogen-bond donors (Lipinski definition) is 1. The van der Waals surface area contributed by atoms with E-state index in [2.05, 4.69) is 13.8 Å². The van der Waals surface area contributed by atoms with Gasteiger partial charge < -0.3 is 5.11 Å². The number of rotatable bonds is 1. The molecule has 1 heteroatoms. The van der Waals surface area contributed by atoms with Crippen LogP contribution in [0.1, 0.15) is 39.5 Å². The van der Waals surface area contributed by atoms with Crippen LogP contribution < -0.4 is 0 Å². The van der Waals surface area contributed by atoms with Crippen molar-refractivity contribution in [3.05, 3.63) is 0 Å². The van der Waals surface area contributed by atoms with E-state index in [9.17, 15) is 5.11 Å². The van der Waals surface area contributed by atoms with Gasteiger partial charge in [-0.05, 0) is 72.5 Å². The average molecular weight is 218 g/mol. The molecule has 4 atom stereocenters. The Kier molecular flexibility index (Phi) is 1.20. The summed E-state index contributed by atoms with van der Waals surface area (Å²) in [5.74, 6) is 7.05. The molecule has 16 heavy (non-hydrogen) atoms. The van der Waals surface area contributed by atoms with E-state index in [4.69, 9.17) is 0 Å². The van der Waals surface area contributed by atoms with E-state index in [1.807, 2.05) is 0 Å². The second kappa shape index (κ2) is 2.13. The molecule has 0 amide bonds. The van der Waals surface area contributed by atoms with E-state index in [0.29, 0.717) is 11.3 Å². The van der Waals surface area contributed by atoms with E-state index < -0.39 is 0 Å². The first kappa shape index (κ1) is 8.97. The van der Waals surface area contributed by atoms with Crippen LogP contribution in [0.3, 0.4) is 0 Å². The Labute approximate surface area is 97.6 Å². The van der Waals surface area contributed by atoms with Gasteiger partial charge in [0.25, 0.3) is 0 Å². The van der Waals surface area contributed by atoms with Crippen molar-refractivity contribution in [2.45, 2.75) is 45.1 Å². The molecular weight excluding hydrogens is 196 g/mol. The normalized spacial score (nSPS) is 72.8. The van der Waals surface area contributed by atoms with Gasteiger partial charge in [-0.15, -0.1) is 0 Å². The van der Waals surface area contributed by atoms with Crippen LogP contribution in [0.25, 0.3) is 0 Å². The largest absolute Gasteiger partial charge is 0.390 e. The summed E-state index contributed by atoms with van der Waals surface area (Å²) in [5, 5.41) is 10.6. The lowest BCUT2D eigenvalue weighted by atomic mass is 9.49. The Morgan fingerprint density at radius 3 is 1.75 bits per heavy atom. The zero-order valence-corrected chi connectivity index (χ0v) is 10.3. The van der Waals surface area contributed by atoms with Crippen LogP contribution in [0.15, 0.2) is 0 Å². The van der Waals surface area contributed by atoms with E-state index >= 15 is 0 Å². The highest BCUT2D eigenvalue weighted by Crippen LogP contribution is 2.88. The molecule has 5 rings (SSSR count). The molecule has 1 N–H and O–H groups in total. The molecule has 0 aromatic heterocycles. The third-order valence-corrected chi connectivity index (χ3v) is 7.30. The Morgan fingerprint density at radius 2 is 1.38 bits per heavy atom. The lowest BCUT2D eigenvalue weighted by Gasteiger charge is -2.59. The van der Waals surface area contributed by atoms with Crippen LogP contribution in [0.4, 0.5) is 0 Å². The first-order chi connectivity index (χ1) is 7.57. The topological polar surface area (TPSA) is 20.2 Å². The predicted octanol–water partition coefficient (Wildman–Crippen LogP) is 2.69. The second-order valence-corrected chi connectivity index (χ2v) is 8.02. The first-order valence-corrected chi connectivity index (χ1v) is 7.29. The van der Waals surface area contributed by atoms with Crippen molar-refractivity contribution in [3.63, 3.8) is 0 Å². The molecule has 0 aromatic carbocycles. The molecule has 0 aromatic rings. The predicted molar refractivity (Wildman–Crippen MR) is 61.6 cm³/mol. The van der Waals surface area contributed by atoms with E-state index in [-0.39, 0.29) is 5.60 Å². The van der Waals surface area contributed by atoms with Gasteiger partial charge in [-0.3, -0.25) is 0 Å². The fraction of sp³-hybridized carbons (Fsp3) is 1.00. The molecule has 88 valence electrons. The Balaban J connectivity index is 1.50. The molecule has 0 aliphatic heterocycles. The Morgan fingerprint density at radius 1 is 0.938 bits per heavy atom. The molecule has 0 radical (unpaired) electrons. The summed E-state index contributed by atoms with van der Waals surface area (Å²) in [6.07, 6.45) is 5.44. The second-order valence-electron chi connectivity index (χ2n) is 8.02. The smallest absolute Gasteiger partial charge is 0.0681 e. The van der Waals surface area contributed by atoms with Gasteiger partial charge in [-0.25, -0.2) is 0 Å². The lowest BCUT2D eigenvalue weighted by Crippen LogP contribution is -2.59. The molecule has 0 saturated heterocycles. The molecule has 4 unspecified atom stereocenters. The summed E-state index contributed by atoms with van der Waals surface area (Å²) >= 11 is 0. The van der Waals surface area contributed by atoms with Gasteiger partial charge in [-0.1, -0.05) is 13.8 Å². The van der Waals surface area contributed by atoms with Crippen molar-refractivity contribution < 1.29 is 5.11 Å². The molecule has 0 heterocycles. The van der Waals surface area contributed by atoms with Crippen LogP contribution in [0.5, 0.6) is 0 Å². The van der Waals surface area contributed by atoms with Gasteiger partial charge in [0.1, 0.15) is 0 Å². The first-order valence-electron chi connectivity index (χ1n) is 7.29. The van der Waals surface area contributed by atoms with Crippen LogP contribution in [0, 0.1) is 46.8 Å². The Bertz CT molecular complexity index is 339. The Hall–Kier alpha value is -0.0400. The number of fused-ring (bicyclic) bond motifs is 6. The van der Waals surface area contributed by atoms with Gasteiger partial charge in [0.05, 0.1) is 5.60 Å². The molecule has 5 aliphatic carbocycles. The van der Waals surface area contributed by atoms with Crippen molar-refractivity contribution in [2.24, 2.45) is 46.8 Å². The van der Waals surface area contributed by atoms with Crippen molar-refractivity contribution in [1.29, 1.82) is 0 Å². The van der Waals surface area contributed by atoms with E-state index in [1.165, 1.54) is 0 Å². The maximum atomic E-state index is 10.6. The van der Waals surface area contributed by atoms with Gasteiger partial charge in [0.2, 0.25) is 0 Å². The summed E-state index contributed by atoms with van der Waals surface area (Å²) < 4.78 is 0. The lowest BCUT2D eigenvalue weighted by molar-refractivity contribution is -0.187. The molecule has 5 saturated carbocycles. The monoisotopic (exact) mass is 218 g/mol. The third-order valence-electron chi connectivity index (χ3n) is 7.30. The van der Waals surface area contributed by atoms with Crippen molar-refractivity contribution in [2.75, 3.05) is 0 Å². The summed E-state index contributed by atoms with van der Waals surface area (Å²) in [6, 6.07) is 0. The summed E-state index contributed by atoms with van der Waals surface area (Å²) in [6.45, 7) is 4.40. The number of hydrogen-bond acceptors (Lipinski definition) is 1. The van der Waals surface area contributed by atoms with Crippen LogP contribution in [-0.2, 0) is 0 Å². The average Bonchev–Trinajstić information content (AvgIpc) is 3.03. The standard InChI is InChI=1S/C15H22O/c1-7(2)15(16)5-14(6-15)12-8-3-9(8)13(14)11-4-10(11)12/h7-13,16H,3-6H2,1-2H3. The molecule has 5 aliphatic rings. The maximum Gasteiger partial charge on any atom is 0.0681 e. The van der Waals surface area contributed by atoms with Gasteiger partial charge in [0, 0.05) is 0 Å². The van der Waals surface area contributed by atoms with Crippen molar-refractivity contribution >= 4 is 0 Å². The quantitative estimate of drug-likeness (QED) is 0.717. The summed E-state index contributed by atoms with van der Waals surface area (Å²) in [5.41, 5.74) is 0.365. The zero-order valence-electron chi connectivity index (χ0n) is 10.3. The van der Waals surface area contributed by atoms with Crippen LogP contribution in [-0.4, -0.2) is 10.7 Å². The van der Waals surface area contributed by atoms with Gasteiger partial charge in [-0.2, -0.15) is 0 Å².